The second-order valence-corrected chi connectivity index (χ2v) is 7.84. The molecule has 0 radical (unpaired) electrons. The van der Waals surface area contributed by atoms with Gasteiger partial charge in [0.25, 0.3) is 5.91 Å². The number of ether oxygens (including phenoxy) is 1. The number of aromatic nitrogens is 2. The van der Waals surface area contributed by atoms with Crippen molar-refractivity contribution in [3.05, 3.63) is 47.5 Å². The van der Waals surface area contributed by atoms with Gasteiger partial charge in [0.15, 0.2) is 11.4 Å². The van der Waals surface area contributed by atoms with E-state index in [1.54, 1.807) is 38.1 Å². The Balaban J connectivity index is 1.45. The number of nitrogens with one attached hydrogen (secondary N) is 1. The quantitative estimate of drug-likeness (QED) is 0.795. The van der Waals surface area contributed by atoms with Gasteiger partial charge in [-0.25, -0.2) is 14.4 Å². The topological polar surface area (TPSA) is 67.3 Å². The second kappa shape index (κ2) is 8.73. The maximum absolute atomic E-state index is 12.9. The van der Waals surface area contributed by atoms with Crippen LogP contribution in [0.3, 0.4) is 0 Å². The van der Waals surface area contributed by atoms with Gasteiger partial charge < -0.3 is 15.0 Å². The van der Waals surface area contributed by atoms with E-state index in [0.717, 1.165) is 25.9 Å². The Morgan fingerprint density at radius 3 is 2.46 bits per heavy atom. The van der Waals surface area contributed by atoms with Crippen LogP contribution in [0.15, 0.2) is 36.7 Å². The molecule has 6 nitrogen and oxygen atoms in total. The number of piperidine rings is 1. The number of anilines is 1. The van der Waals surface area contributed by atoms with E-state index < -0.39 is 11.4 Å². The summed E-state index contributed by atoms with van der Waals surface area (Å²) in [5, 5.41) is 3.61. The summed E-state index contributed by atoms with van der Waals surface area (Å²) in [4.78, 5) is 22.6. The van der Waals surface area contributed by atoms with Gasteiger partial charge in [0.2, 0.25) is 5.95 Å². The lowest BCUT2D eigenvalue weighted by Crippen LogP contribution is -2.48. The fourth-order valence-corrected chi connectivity index (χ4v) is 3.23. The van der Waals surface area contributed by atoms with E-state index >= 15 is 0 Å². The molecule has 0 atom stereocenters. The number of hydrogen-bond donors (Lipinski definition) is 1. The van der Waals surface area contributed by atoms with E-state index in [1.165, 1.54) is 12.4 Å². The van der Waals surface area contributed by atoms with Crippen molar-refractivity contribution in [1.82, 2.24) is 15.3 Å². The van der Waals surface area contributed by atoms with Crippen LogP contribution in [0.4, 0.5) is 10.3 Å². The summed E-state index contributed by atoms with van der Waals surface area (Å²) >= 11 is 5.87. The minimum atomic E-state index is -0.990. The normalized spacial score (nSPS) is 15.4. The zero-order valence-corrected chi connectivity index (χ0v) is 16.7. The van der Waals surface area contributed by atoms with Crippen molar-refractivity contribution < 1.29 is 13.9 Å². The van der Waals surface area contributed by atoms with Crippen molar-refractivity contribution in [3.63, 3.8) is 0 Å². The number of nitrogens with zero attached hydrogens (tertiary/aromatic N) is 3. The van der Waals surface area contributed by atoms with Crippen LogP contribution < -0.4 is 15.0 Å². The lowest BCUT2D eigenvalue weighted by Gasteiger charge is -2.33. The number of benzene rings is 1. The lowest BCUT2D eigenvalue weighted by atomic mass is 9.96. The third kappa shape index (κ3) is 5.32. The van der Waals surface area contributed by atoms with Gasteiger partial charge in [-0.15, -0.1) is 0 Å². The first kappa shape index (κ1) is 20.3. The predicted octanol–water partition coefficient (Wildman–Crippen LogP) is 3.46. The van der Waals surface area contributed by atoms with E-state index in [4.69, 9.17) is 16.3 Å². The van der Waals surface area contributed by atoms with Crippen molar-refractivity contribution in [3.8, 4) is 5.75 Å². The third-order valence-electron chi connectivity index (χ3n) is 4.79. The van der Waals surface area contributed by atoms with Crippen molar-refractivity contribution >= 4 is 23.5 Å². The van der Waals surface area contributed by atoms with Gasteiger partial charge in [0, 0.05) is 24.7 Å². The first-order valence-corrected chi connectivity index (χ1v) is 9.66. The van der Waals surface area contributed by atoms with E-state index in [9.17, 15) is 9.18 Å². The Labute approximate surface area is 169 Å². The fourth-order valence-electron chi connectivity index (χ4n) is 3.10. The van der Waals surface area contributed by atoms with E-state index in [0.29, 0.717) is 29.2 Å². The van der Waals surface area contributed by atoms with E-state index in [2.05, 4.69) is 15.3 Å². The van der Waals surface area contributed by atoms with Crippen LogP contribution in [0.5, 0.6) is 5.75 Å². The number of halogens is 2. The molecular formula is C20H24ClFN4O2. The SMILES string of the molecule is CC(C)(Oc1ccc(Cl)cc1)C(=O)NCC1CCN(c2ncc(F)cn2)CC1. The molecule has 1 amide bonds. The molecule has 0 unspecified atom stereocenters. The van der Waals surface area contributed by atoms with Crippen LogP contribution in [0, 0.1) is 11.7 Å². The molecule has 1 fully saturated rings. The average molecular weight is 407 g/mol. The molecule has 1 aromatic carbocycles. The molecule has 150 valence electrons. The standard InChI is InChI=1S/C20H24ClFN4O2/c1-20(2,28-17-5-3-15(21)4-6-17)18(27)23-11-14-7-9-26(10-8-14)19-24-12-16(22)13-25-19/h3-6,12-14H,7-11H2,1-2H3,(H,23,27). The van der Waals surface area contributed by atoms with Crippen LogP contribution in [0.2, 0.25) is 5.02 Å². The fraction of sp³-hybridized carbons (Fsp3) is 0.450. The van der Waals surface area contributed by atoms with Crippen molar-refractivity contribution in [1.29, 1.82) is 0 Å². The van der Waals surface area contributed by atoms with Gasteiger partial charge in [0.05, 0.1) is 12.4 Å². The summed E-state index contributed by atoms with van der Waals surface area (Å²) in [5.41, 5.74) is -0.990. The molecule has 0 saturated carbocycles. The number of amides is 1. The third-order valence-corrected chi connectivity index (χ3v) is 5.04. The Kier molecular flexibility index (Phi) is 6.34. The highest BCUT2D eigenvalue weighted by atomic mass is 35.5. The van der Waals surface area contributed by atoms with Crippen LogP contribution >= 0.6 is 11.6 Å². The minimum Gasteiger partial charge on any atom is -0.478 e. The molecule has 0 aliphatic carbocycles. The molecular weight excluding hydrogens is 383 g/mol. The van der Waals surface area contributed by atoms with Gasteiger partial charge in [-0.3, -0.25) is 4.79 Å². The Morgan fingerprint density at radius 1 is 1.25 bits per heavy atom. The van der Waals surface area contributed by atoms with Crippen molar-refractivity contribution in [2.45, 2.75) is 32.3 Å². The summed E-state index contributed by atoms with van der Waals surface area (Å²) in [5.74, 6) is 0.905. The molecule has 1 N–H and O–H groups in total. The molecule has 1 aromatic heterocycles. The Bertz CT molecular complexity index is 791. The summed E-state index contributed by atoms with van der Waals surface area (Å²) in [6.45, 7) is 5.62. The number of carbonyl (C=O) groups is 1. The molecule has 2 aromatic rings. The van der Waals surface area contributed by atoms with Gasteiger partial charge in [-0.1, -0.05) is 11.6 Å². The Morgan fingerprint density at radius 2 is 1.86 bits per heavy atom. The molecule has 2 heterocycles. The Hall–Kier alpha value is -2.41. The summed E-state index contributed by atoms with van der Waals surface area (Å²) in [7, 11) is 0. The van der Waals surface area contributed by atoms with Gasteiger partial charge in [-0.2, -0.15) is 0 Å². The highest BCUT2D eigenvalue weighted by Crippen LogP contribution is 2.22. The van der Waals surface area contributed by atoms with Crippen LogP contribution in [0.1, 0.15) is 26.7 Å². The monoisotopic (exact) mass is 406 g/mol. The van der Waals surface area contributed by atoms with Gasteiger partial charge >= 0.3 is 0 Å². The predicted molar refractivity (Wildman–Crippen MR) is 106 cm³/mol. The minimum absolute atomic E-state index is 0.160. The first-order chi connectivity index (χ1) is 13.3. The highest BCUT2D eigenvalue weighted by Gasteiger charge is 2.31. The molecule has 28 heavy (non-hydrogen) atoms. The summed E-state index contributed by atoms with van der Waals surface area (Å²) in [6.07, 6.45) is 4.16. The average Bonchev–Trinajstić information content (AvgIpc) is 2.69. The second-order valence-electron chi connectivity index (χ2n) is 7.41. The zero-order chi connectivity index (χ0) is 20.1. The van der Waals surface area contributed by atoms with E-state index in [-0.39, 0.29) is 5.91 Å². The van der Waals surface area contributed by atoms with Crippen molar-refractivity contribution in [2.75, 3.05) is 24.5 Å². The summed E-state index contributed by atoms with van der Waals surface area (Å²) < 4.78 is 18.8. The zero-order valence-electron chi connectivity index (χ0n) is 16.0. The number of carbonyl (C=O) groups excluding carboxylic acids is 1. The van der Waals surface area contributed by atoms with Crippen LogP contribution in [-0.2, 0) is 4.79 Å². The molecule has 1 saturated heterocycles. The van der Waals surface area contributed by atoms with Crippen molar-refractivity contribution in [2.24, 2.45) is 5.92 Å². The highest BCUT2D eigenvalue weighted by molar-refractivity contribution is 6.30. The molecule has 8 heteroatoms. The smallest absolute Gasteiger partial charge is 0.263 e. The number of hydrogen-bond acceptors (Lipinski definition) is 5. The van der Waals surface area contributed by atoms with Gasteiger partial charge in [0.1, 0.15) is 5.75 Å². The maximum Gasteiger partial charge on any atom is 0.263 e. The molecule has 1 aliphatic heterocycles. The molecule has 0 bridgehead atoms. The maximum atomic E-state index is 12.9. The lowest BCUT2D eigenvalue weighted by molar-refractivity contribution is -0.134. The molecule has 1 aliphatic rings. The van der Waals surface area contributed by atoms with Crippen LogP contribution in [-0.4, -0.2) is 41.1 Å². The number of rotatable bonds is 6. The molecule has 0 spiro atoms. The molecule has 3 rings (SSSR count). The van der Waals surface area contributed by atoms with Crippen LogP contribution in [0.25, 0.3) is 0 Å². The van der Waals surface area contributed by atoms with E-state index in [1.807, 2.05) is 4.90 Å². The first-order valence-electron chi connectivity index (χ1n) is 9.29. The largest absolute Gasteiger partial charge is 0.478 e. The summed E-state index contributed by atoms with van der Waals surface area (Å²) in [6, 6.07) is 6.93. The van der Waals surface area contributed by atoms with Gasteiger partial charge in [-0.05, 0) is 56.9 Å².